The molecule has 0 atom stereocenters. The van der Waals surface area contributed by atoms with E-state index in [9.17, 15) is 13.9 Å². The van der Waals surface area contributed by atoms with Gasteiger partial charge in [-0.3, -0.25) is 4.84 Å². The highest BCUT2D eigenvalue weighted by Gasteiger charge is 2.22. The zero-order valence-corrected chi connectivity index (χ0v) is 15.3. The van der Waals surface area contributed by atoms with Crippen molar-refractivity contribution in [2.45, 2.75) is 26.4 Å². The van der Waals surface area contributed by atoms with E-state index < -0.39 is 17.2 Å². The molecule has 2 aromatic rings. The van der Waals surface area contributed by atoms with Gasteiger partial charge < -0.3 is 5.11 Å². The van der Waals surface area contributed by atoms with Crippen LogP contribution in [-0.4, -0.2) is 17.3 Å². The van der Waals surface area contributed by atoms with Crippen LogP contribution in [-0.2, 0) is 4.84 Å². The van der Waals surface area contributed by atoms with Crippen LogP contribution in [0.3, 0.4) is 0 Å². The first-order valence-corrected chi connectivity index (χ1v) is 8.12. The largest absolute Gasteiger partial charge is 0.388 e. The lowest BCUT2D eigenvalue weighted by Crippen LogP contribution is -2.32. The highest BCUT2D eigenvalue weighted by atomic mass is 127. The number of benzene rings is 2. The third-order valence-corrected chi connectivity index (χ3v) is 3.75. The second kappa shape index (κ2) is 7.11. The van der Waals surface area contributed by atoms with Crippen molar-refractivity contribution in [2.24, 2.45) is 0 Å². The fraction of sp³-hybridized carbons (Fsp3) is 0.294. The van der Waals surface area contributed by atoms with Crippen LogP contribution in [0.5, 0.6) is 0 Å². The van der Waals surface area contributed by atoms with E-state index in [1.54, 1.807) is 19.9 Å². The molecule has 0 saturated carbocycles. The molecule has 3 nitrogen and oxygen atoms in total. The van der Waals surface area contributed by atoms with E-state index >= 15 is 0 Å². The van der Waals surface area contributed by atoms with Crippen LogP contribution in [0.1, 0.15) is 19.4 Å². The molecule has 23 heavy (non-hydrogen) atoms. The molecule has 6 heteroatoms. The van der Waals surface area contributed by atoms with E-state index in [1.807, 2.05) is 19.1 Å². The fourth-order valence-electron chi connectivity index (χ4n) is 1.99. The first-order chi connectivity index (χ1) is 10.7. The molecule has 0 saturated heterocycles. The Bertz CT molecular complexity index is 701. The number of halogens is 3. The summed E-state index contributed by atoms with van der Waals surface area (Å²) in [7, 11) is 0. The number of aryl methyl sites for hydroxylation is 1. The SMILES string of the molecule is Cc1cc(I)ccc1N(OCC(C)(C)O)c1cccc(F)c1F. The first kappa shape index (κ1) is 18.1. The molecule has 2 aromatic carbocycles. The van der Waals surface area contributed by atoms with Crippen molar-refractivity contribution >= 4 is 34.0 Å². The van der Waals surface area contributed by atoms with Gasteiger partial charge in [0.2, 0.25) is 0 Å². The number of anilines is 2. The summed E-state index contributed by atoms with van der Waals surface area (Å²) in [6.45, 7) is 4.94. The van der Waals surface area contributed by atoms with Gasteiger partial charge in [-0.2, -0.15) is 0 Å². The Morgan fingerprint density at radius 3 is 2.48 bits per heavy atom. The molecule has 0 heterocycles. The maximum Gasteiger partial charge on any atom is 0.184 e. The molecular formula is C17H18F2INO2. The maximum atomic E-state index is 14.2. The Morgan fingerprint density at radius 2 is 1.87 bits per heavy atom. The standard InChI is InChI=1S/C17H18F2INO2/c1-11-9-12(20)7-8-14(11)21(23-10-17(2,3)22)15-6-4-5-13(18)16(15)19/h4-9,22H,10H2,1-3H3. The summed E-state index contributed by atoms with van der Waals surface area (Å²) in [5, 5.41) is 11.1. The molecule has 0 aliphatic heterocycles. The molecule has 0 aromatic heterocycles. The zero-order chi connectivity index (χ0) is 17.2. The van der Waals surface area contributed by atoms with Crippen molar-refractivity contribution in [2.75, 3.05) is 11.7 Å². The fourth-order valence-corrected chi connectivity index (χ4v) is 2.63. The molecule has 0 radical (unpaired) electrons. The van der Waals surface area contributed by atoms with Crippen molar-refractivity contribution in [1.29, 1.82) is 0 Å². The Balaban J connectivity index is 2.49. The summed E-state index contributed by atoms with van der Waals surface area (Å²) >= 11 is 2.17. The number of rotatable bonds is 5. The van der Waals surface area contributed by atoms with Crippen LogP contribution < -0.4 is 5.06 Å². The van der Waals surface area contributed by atoms with E-state index in [2.05, 4.69) is 22.6 Å². The molecule has 0 bridgehead atoms. The minimum Gasteiger partial charge on any atom is -0.388 e. The third-order valence-electron chi connectivity index (χ3n) is 3.07. The van der Waals surface area contributed by atoms with Gasteiger partial charge in [-0.1, -0.05) is 6.07 Å². The van der Waals surface area contributed by atoms with E-state index in [0.717, 1.165) is 15.2 Å². The summed E-state index contributed by atoms with van der Waals surface area (Å²) in [4.78, 5) is 5.61. The van der Waals surface area contributed by atoms with Gasteiger partial charge in [0, 0.05) is 3.57 Å². The molecule has 2 rings (SSSR count). The predicted octanol–water partition coefficient (Wildman–Crippen LogP) is 4.72. The molecule has 0 fully saturated rings. The minimum absolute atomic E-state index is 0.0430. The van der Waals surface area contributed by atoms with Crippen molar-refractivity contribution < 1.29 is 18.7 Å². The summed E-state index contributed by atoms with van der Waals surface area (Å²) in [5.74, 6) is -1.95. The molecule has 0 amide bonds. The lowest BCUT2D eigenvalue weighted by Gasteiger charge is -2.29. The number of aliphatic hydroxyl groups is 1. The van der Waals surface area contributed by atoms with Crippen LogP contribution in [0.4, 0.5) is 20.2 Å². The van der Waals surface area contributed by atoms with Crippen LogP contribution >= 0.6 is 22.6 Å². The van der Waals surface area contributed by atoms with Gasteiger partial charge in [0.1, 0.15) is 12.3 Å². The van der Waals surface area contributed by atoms with Crippen molar-refractivity contribution in [1.82, 2.24) is 0 Å². The predicted molar refractivity (Wildman–Crippen MR) is 94.6 cm³/mol. The van der Waals surface area contributed by atoms with E-state index in [-0.39, 0.29) is 12.3 Å². The van der Waals surface area contributed by atoms with Crippen LogP contribution in [0.15, 0.2) is 36.4 Å². The Labute approximate surface area is 148 Å². The Kier molecular flexibility index (Phi) is 5.59. The van der Waals surface area contributed by atoms with Crippen LogP contribution in [0, 0.1) is 22.1 Å². The smallest absolute Gasteiger partial charge is 0.184 e. The zero-order valence-electron chi connectivity index (χ0n) is 13.1. The maximum absolute atomic E-state index is 14.2. The second-order valence-corrected chi connectivity index (χ2v) is 7.13. The highest BCUT2D eigenvalue weighted by Crippen LogP contribution is 2.32. The summed E-state index contributed by atoms with van der Waals surface area (Å²) in [5.41, 5.74) is 0.271. The number of hydrogen-bond acceptors (Lipinski definition) is 3. The molecular weight excluding hydrogens is 415 g/mol. The van der Waals surface area contributed by atoms with Crippen LogP contribution in [0.25, 0.3) is 0 Å². The molecule has 0 aliphatic rings. The number of nitrogens with zero attached hydrogens (tertiary/aromatic N) is 1. The minimum atomic E-state index is -1.11. The molecule has 124 valence electrons. The first-order valence-electron chi connectivity index (χ1n) is 7.04. The van der Waals surface area contributed by atoms with Crippen LogP contribution in [0.2, 0.25) is 0 Å². The highest BCUT2D eigenvalue weighted by molar-refractivity contribution is 14.1. The monoisotopic (exact) mass is 433 g/mol. The summed E-state index contributed by atoms with van der Waals surface area (Å²) in [6.07, 6.45) is 0. The molecule has 0 aliphatic carbocycles. The van der Waals surface area contributed by atoms with Gasteiger partial charge in [-0.25, -0.2) is 13.8 Å². The van der Waals surface area contributed by atoms with E-state index in [0.29, 0.717) is 5.69 Å². The van der Waals surface area contributed by atoms with Crippen molar-refractivity contribution in [3.8, 4) is 0 Å². The van der Waals surface area contributed by atoms with E-state index in [1.165, 1.54) is 17.2 Å². The Hall–Kier alpha value is -1.25. The summed E-state index contributed by atoms with van der Waals surface area (Å²) in [6, 6.07) is 9.42. The Morgan fingerprint density at radius 1 is 1.17 bits per heavy atom. The van der Waals surface area contributed by atoms with Crippen molar-refractivity contribution in [3.63, 3.8) is 0 Å². The summed E-state index contributed by atoms with van der Waals surface area (Å²) < 4.78 is 28.8. The lowest BCUT2D eigenvalue weighted by molar-refractivity contribution is -0.0214. The quantitative estimate of drug-likeness (QED) is 0.548. The average Bonchev–Trinajstić information content (AvgIpc) is 2.44. The molecule has 0 unspecified atom stereocenters. The second-order valence-electron chi connectivity index (χ2n) is 5.88. The van der Waals surface area contributed by atoms with Gasteiger partial charge in [0.05, 0.1) is 11.3 Å². The number of hydrogen-bond donors (Lipinski definition) is 1. The van der Waals surface area contributed by atoms with Gasteiger partial charge in [-0.15, -0.1) is 0 Å². The van der Waals surface area contributed by atoms with Crippen molar-refractivity contribution in [3.05, 3.63) is 57.2 Å². The van der Waals surface area contributed by atoms with Gasteiger partial charge in [0.25, 0.3) is 0 Å². The van der Waals surface area contributed by atoms with Gasteiger partial charge >= 0.3 is 0 Å². The average molecular weight is 433 g/mol. The molecule has 1 N–H and O–H groups in total. The topological polar surface area (TPSA) is 32.7 Å². The van der Waals surface area contributed by atoms with Gasteiger partial charge in [-0.05, 0) is 79.3 Å². The van der Waals surface area contributed by atoms with Gasteiger partial charge in [0.15, 0.2) is 11.6 Å². The normalized spacial score (nSPS) is 11.6. The van der Waals surface area contributed by atoms with E-state index in [4.69, 9.17) is 4.84 Å². The third kappa shape index (κ3) is 4.62. The lowest BCUT2D eigenvalue weighted by atomic mass is 10.1. The molecule has 0 spiro atoms.